The standard InChI is InChI=1S/C12H13BrN2O3/c13-6-9-11(12(17)14-9)15-10(16)7-18-8-4-2-1-3-5-8/h1-5,9,11H,6-7H2,(H,14,17)(H,15,16)/t9-,11+/m0/s1. The molecule has 1 fully saturated rings. The molecule has 1 aromatic rings. The van der Waals surface area contributed by atoms with Crippen LogP contribution >= 0.6 is 15.9 Å². The molecule has 6 heteroatoms. The highest BCUT2D eigenvalue weighted by molar-refractivity contribution is 9.09. The van der Waals surface area contributed by atoms with E-state index in [0.29, 0.717) is 11.1 Å². The average Bonchev–Trinajstić information content (AvgIpc) is 2.41. The molecule has 0 aromatic heterocycles. The largest absolute Gasteiger partial charge is 0.484 e. The van der Waals surface area contributed by atoms with Gasteiger partial charge in [0.1, 0.15) is 11.8 Å². The van der Waals surface area contributed by atoms with Crippen molar-refractivity contribution in [2.45, 2.75) is 12.1 Å². The molecular formula is C12H13BrN2O3. The van der Waals surface area contributed by atoms with Crippen LogP contribution in [-0.4, -0.2) is 35.8 Å². The van der Waals surface area contributed by atoms with Crippen molar-refractivity contribution in [2.75, 3.05) is 11.9 Å². The van der Waals surface area contributed by atoms with E-state index in [9.17, 15) is 9.59 Å². The summed E-state index contributed by atoms with van der Waals surface area (Å²) in [4.78, 5) is 22.8. The van der Waals surface area contributed by atoms with Crippen LogP contribution in [0.25, 0.3) is 0 Å². The van der Waals surface area contributed by atoms with Gasteiger partial charge >= 0.3 is 0 Å². The fourth-order valence-electron chi connectivity index (χ4n) is 1.62. The average molecular weight is 313 g/mol. The molecule has 2 amide bonds. The molecule has 0 spiro atoms. The third kappa shape index (κ3) is 3.01. The predicted molar refractivity (Wildman–Crippen MR) is 69.6 cm³/mol. The van der Waals surface area contributed by atoms with Gasteiger partial charge in [-0.05, 0) is 12.1 Å². The van der Waals surface area contributed by atoms with Crippen LogP contribution in [0.1, 0.15) is 0 Å². The Morgan fingerprint density at radius 3 is 2.72 bits per heavy atom. The van der Waals surface area contributed by atoms with Gasteiger partial charge in [-0.2, -0.15) is 0 Å². The highest BCUT2D eigenvalue weighted by Crippen LogP contribution is 2.10. The number of hydrogen-bond donors (Lipinski definition) is 2. The maximum absolute atomic E-state index is 11.6. The fourth-order valence-corrected chi connectivity index (χ4v) is 2.15. The summed E-state index contributed by atoms with van der Waals surface area (Å²) in [5.41, 5.74) is 0. The summed E-state index contributed by atoms with van der Waals surface area (Å²) < 4.78 is 5.29. The number of β-lactam (4-membered cyclic amide) rings is 1. The first kappa shape index (κ1) is 12.9. The summed E-state index contributed by atoms with van der Waals surface area (Å²) in [6, 6.07) is 8.55. The van der Waals surface area contributed by atoms with Crippen molar-refractivity contribution < 1.29 is 14.3 Å². The zero-order valence-corrected chi connectivity index (χ0v) is 11.1. The second-order valence-corrected chi connectivity index (χ2v) is 4.56. The highest BCUT2D eigenvalue weighted by Gasteiger charge is 2.39. The lowest BCUT2D eigenvalue weighted by atomic mass is 10.0. The number of nitrogens with one attached hydrogen (secondary N) is 2. The number of hydrogen-bond acceptors (Lipinski definition) is 3. The molecule has 0 aliphatic carbocycles. The molecule has 1 heterocycles. The van der Waals surface area contributed by atoms with Crippen molar-refractivity contribution >= 4 is 27.7 Å². The zero-order chi connectivity index (χ0) is 13.0. The molecule has 96 valence electrons. The molecule has 5 nitrogen and oxygen atoms in total. The lowest BCUT2D eigenvalue weighted by Crippen LogP contribution is -2.70. The Labute approximate surface area is 113 Å². The van der Waals surface area contributed by atoms with E-state index in [0.717, 1.165) is 0 Å². The maximum atomic E-state index is 11.6. The second kappa shape index (κ2) is 5.86. The predicted octanol–water partition coefficient (Wildman–Crippen LogP) is 0.444. The van der Waals surface area contributed by atoms with Crippen LogP contribution in [0.4, 0.5) is 0 Å². The van der Waals surface area contributed by atoms with Gasteiger partial charge < -0.3 is 15.4 Å². The Morgan fingerprint density at radius 1 is 1.39 bits per heavy atom. The minimum absolute atomic E-state index is 0.0434. The first-order valence-corrected chi connectivity index (χ1v) is 6.66. The number of alkyl halides is 1. The Bertz CT molecular complexity index is 438. The van der Waals surface area contributed by atoms with Gasteiger partial charge in [0, 0.05) is 5.33 Å². The molecule has 0 bridgehead atoms. The van der Waals surface area contributed by atoms with Crippen molar-refractivity contribution in [3.63, 3.8) is 0 Å². The molecule has 1 aliphatic heterocycles. The number of carbonyl (C=O) groups excluding carboxylic acids is 2. The van der Waals surface area contributed by atoms with E-state index in [1.807, 2.05) is 18.2 Å². The molecule has 0 unspecified atom stereocenters. The molecule has 0 saturated carbocycles. The fraction of sp³-hybridized carbons (Fsp3) is 0.333. The molecule has 1 aliphatic rings. The number of carbonyl (C=O) groups is 2. The van der Waals surface area contributed by atoms with Crippen LogP contribution < -0.4 is 15.4 Å². The Balaban J connectivity index is 1.77. The molecule has 1 saturated heterocycles. The van der Waals surface area contributed by atoms with Gasteiger partial charge in [0.05, 0.1) is 6.04 Å². The van der Waals surface area contributed by atoms with Crippen molar-refractivity contribution in [2.24, 2.45) is 0 Å². The van der Waals surface area contributed by atoms with Crippen molar-refractivity contribution in [3.8, 4) is 5.75 Å². The van der Waals surface area contributed by atoms with Gasteiger partial charge in [-0.15, -0.1) is 0 Å². The van der Waals surface area contributed by atoms with Gasteiger partial charge in [-0.25, -0.2) is 0 Å². The number of ether oxygens (including phenoxy) is 1. The maximum Gasteiger partial charge on any atom is 0.258 e. The minimum Gasteiger partial charge on any atom is -0.484 e. The number of benzene rings is 1. The minimum atomic E-state index is -0.462. The van der Waals surface area contributed by atoms with E-state index >= 15 is 0 Å². The number of amides is 2. The summed E-state index contributed by atoms with van der Waals surface area (Å²) in [5, 5.41) is 5.93. The van der Waals surface area contributed by atoms with Crippen molar-refractivity contribution in [1.82, 2.24) is 10.6 Å². The van der Waals surface area contributed by atoms with E-state index in [4.69, 9.17) is 4.74 Å². The Hall–Kier alpha value is -1.56. The summed E-state index contributed by atoms with van der Waals surface area (Å²) in [6.45, 7) is -0.0944. The van der Waals surface area contributed by atoms with Crippen molar-refractivity contribution in [1.29, 1.82) is 0 Å². The highest BCUT2D eigenvalue weighted by atomic mass is 79.9. The molecular weight excluding hydrogens is 300 g/mol. The third-order valence-corrected chi connectivity index (χ3v) is 3.31. The quantitative estimate of drug-likeness (QED) is 0.612. The lowest BCUT2D eigenvalue weighted by Gasteiger charge is -2.35. The first-order valence-electron chi connectivity index (χ1n) is 5.54. The monoisotopic (exact) mass is 312 g/mol. The van der Waals surface area contributed by atoms with E-state index in [1.54, 1.807) is 12.1 Å². The topological polar surface area (TPSA) is 67.4 Å². The third-order valence-electron chi connectivity index (χ3n) is 2.61. The van der Waals surface area contributed by atoms with Gasteiger partial charge in [-0.1, -0.05) is 34.1 Å². The van der Waals surface area contributed by atoms with Crippen LogP contribution in [0.15, 0.2) is 30.3 Å². The lowest BCUT2D eigenvalue weighted by molar-refractivity contribution is -0.136. The van der Waals surface area contributed by atoms with Crippen molar-refractivity contribution in [3.05, 3.63) is 30.3 Å². The van der Waals surface area contributed by atoms with Crippen LogP contribution in [0.2, 0.25) is 0 Å². The smallest absolute Gasteiger partial charge is 0.258 e. The van der Waals surface area contributed by atoms with Gasteiger partial charge in [0.15, 0.2) is 6.61 Å². The van der Waals surface area contributed by atoms with Crippen LogP contribution in [-0.2, 0) is 9.59 Å². The van der Waals surface area contributed by atoms with Gasteiger partial charge in [0.25, 0.3) is 5.91 Å². The summed E-state index contributed by atoms with van der Waals surface area (Å²) in [5.74, 6) is 0.167. The van der Waals surface area contributed by atoms with Crippen LogP contribution in [0.5, 0.6) is 5.75 Å². The molecule has 2 N–H and O–H groups in total. The number of para-hydroxylation sites is 1. The van der Waals surface area contributed by atoms with Crippen LogP contribution in [0.3, 0.4) is 0 Å². The van der Waals surface area contributed by atoms with E-state index in [2.05, 4.69) is 26.6 Å². The molecule has 0 radical (unpaired) electrons. The molecule has 2 atom stereocenters. The molecule has 18 heavy (non-hydrogen) atoms. The number of halogens is 1. The second-order valence-electron chi connectivity index (χ2n) is 3.92. The van der Waals surface area contributed by atoms with Crippen LogP contribution in [0, 0.1) is 0 Å². The SMILES string of the molecule is O=C(COc1ccccc1)N[C@H]1C(=O)N[C@H]1CBr. The van der Waals surface area contributed by atoms with Gasteiger partial charge in [-0.3, -0.25) is 9.59 Å². The molecule has 2 rings (SSSR count). The van der Waals surface area contributed by atoms with E-state index in [-0.39, 0.29) is 24.5 Å². The first-order chi connectivity index (χ1) is 8.70. The molecule has 1 aromatic carbocycles. The summed E-state index contributed by atoms with van der Waals surface area (Å²) in [6.07, 6.45) is 0. The summed E-state index contributed by atoms with van der Waals surface area (Å²) in [7, 11) is 0. The van der Waals surface area contributed by atoms with E-state index in [1.165, 1.54) is 0 Å². The Morgan fingerprint density at radius 2 is 2.11 bits per heavy atom. The van der Waals surface area contributed by atoms with E-state index < -0.39 is 6.04 Å². The van der Waals surface area contributed by atoms with Gasteiger partial charge in [0.2, 0.25) is 5.91 Å². The summed E-state index contributed by atoms with van der Waals surface area (Å²) >= 11 is 3.26. The zero-order valence-electron chi connectivity index (χ0n) is 9.56. The number of rotatable bonds is 5. The normalized spacial score (nSPS) is 21.7. The Kier molecular flexibility index (Phi) is 4.19.